The number of anilines is 2. The molecule has 9 heteroatoms. The third-order valence-electron chi connectivity index (χ3n) is 4.43. The van der Waals surface area contributed by atoms with Crippen LogP contribution in [0.5, 0.6) is 0 Å². The highest BCUT2D eigenvalue weighted by Gasteiger charge is 2.30. The molecule has 0 bridgehead atoms. The fourth-order valence-corrected chi connectivity index (χ4v) is 3.17. The zero-order valence-electron chi connectivity index (χ0n) is 13.6. The lowest BCUT2D eigenvalue weighted by Crippen LogP contribution is -2.30. The van der Waals surface area contributed by atoms with Gasteiger partial charge in [0.25, 0.3) is 5.56 Å². The minimum absolute atomic E-state index is 0.266. The van der Waals surface area contributed by atoms with Crippen LogP contribution >= 0.6 is 0 Å². The molecule has 0 amide bonds. The second-order valence-corrected chi connectivity index (χ2v) is 6.02. The van der Waals surface area contributed by atoms with E-state index in [1.54, 1.807) is 16.8 Å². The number of aromatic nitrogens is 4. The Labute approximate surface area is 147 Å². The van der Waals surface area contributed by atoms with E-state index in [-0.39, 0.29) is 23.3 Å². The molecule has 2 unspecified atom stereocenters. The molecule has 2 atom stereocenters. The first-order valence-electron chi connectivity index (χ1n) is 8.13. The summed E-state index contributed by atoms with van der Waals surface area (Å²) in [5.74, 6) is -0.620. The minimum atomic E-state index is -0.641. The third-order valence-corrected chi connectivity index (χ3v) is 4.43. The smallest absolute Gasteiger partial charge is 0.261 e. The molecule has 2 N–H and O–H groups in total. The van der Waals surface area contributed by atoms with Crippen molar-refractivity contribution in [3.63, 3.8) is 0 Å². The number of nitrogens with zero attached hydrogens (tertiary/aromatic N) is 4. The summed E-state index contributed by atoms with van der Waals surface area (Å²) >= 11 is 0. The second-order valence-electron chi connectivity index (χ2n) is 6.02. The molecule has 0 aromatic carbocycles. The van der Waals surface area contributed by atoms with E-state index < -0.39 is 5.95 Å². The van der Waals surface area contributed by atoms with Crippen molar-refractivity contribution in [1.82, 2.24) is 19.7 Å². The highest BCUT2D eigenvalue weighted by atomic mass is 19.1. The van der Waals surface area contributed by atoms with Crippen LogP contribution in [0.3, 0.4) is 0 Å². The van der Waals surface area contributed by atoms with E-state index in [4.69, 9.17) is 4.74 Å². The molecule has 1 fully saturated rings. The Balaban J connectivity index is 1.84. The van der Waals surface area contributed by atoms with Crippen LogP contribution in [0.4, 0.5) is 15.9 Å². The summed E-state index contributed by atoms with van der Waals surface area (Å²) in [4.78, 5) is 18.5. The first-order chi connectivity index (χ1) is 12.7. The Bertz CT molecular complexity index is 1050. The number of nitriles is 1. The number of hydrogen-bond donors (Lipinski definition) is 2. The third kappa shape index (κ3) is 2.80. The normalized spacial score (nSPS) is 20.0. The maximum atomic E-state index is 13.4. The number of fused-ring (bicyclic) bond motifs is 1. The number of halogens is 1. The SMILES string of the molecule is N#CC1CCOCC1n1nc(Nc2ccnc(F)c2)c2c(=O)[nH]ccc21. The second kappa shape index (κ2) is 6.57. The quantitative estimate of drug-likeness (QED) is 0.697. The predicted molar refractivity (Wildman–Crippen MR) is 91.4 cm³/mol. The van der Waals surface area contributed by atoms with Crippen LogP contribution < -0.4 is 10.9 Å². The summed E-state index contributed by atoms with van der Waals surface area (Å²) in [7, 11) is 0. The molecule has 0 radical (unpaired) electrons. The zero-order valence-corrected chi connectivity index (χ0v) is 13.6. The number of hydrogen-bond acceptors (Lipinski definition) is 6. The first-order valence-corrected chi connectivity index (χ1v) is 8.13. The average Bonchev–Trinajstić information content (AvgIpc) is 3.01. The summed E-state index contributed by atoms with van der Waals surface area (Å²) in [6.45, 7) is 0.862. The van der Waals surface area contributed by atoms with Crippen LogP contribution in [0.2, 0.25) is 0 Å². The number of ether oxygens (including phenoxy) is 1. The lowest BCUT2D eigenvalue weighted by molar-refractivity contribution is 0.0359. The summed E-state index contributed by atoms with van der Waals surface area (Å²) in [6.07, 6.45) is 3.45. The van der Waals surface area contributed by atoms with E-state index in [2.05, 4.69) is 26.5 Å². The summed E-state index contributed by atoms with van der Waals surface area (Å²) in [6, 6.07) is 6.51. The average molecular weight is 354 g/mol. The van der Waals surface area contributed by atoms with Gasteiger partial charge in [0.05, 0.1) is 30.2 Å². The van der Waals surface area contributed by atoms with E-state index in [1.807, 2.05) is 0 Å². The van der Waals surface area contributed by atoms with Crippen molar-refractivity contribution in [3.8, 4) is 6.07 Å². The molecule has 8 nitrogen and oxygen atoms in total. The molecule has 132 valence electrons. The molecule has 4 heterocycles. The van der Waals surface area contributed by atoms with Crippen molar-refractivity contribution in [3.05, 3.63) is 46.9 Å². The van der Waals surface area contributed by atoms with Crippen molar-refractivity contribution in [1.29, 1.82) is 5.26 Å². The van der Waals surface area contributed by atoms with E-state index in [0.29, 0.717) is 36.2 Å². The first kappa shape index (κ1) is 16.2. The lowest BCUT2D eigenvalue weighted by Gasteiger charge is -2.27. The maximum absolute atomic E-state index is 13.4. The van der Waals surface area contributed by atoms with Gasteiger partial charge in [-0.05, 0) is 18.6 Å². The summed E-state index contributed by atoms with van der Waals surface area (Å²) < 4.78 is 20.5. The summed E-state index contributed by atoms with van der Waals surface area (Å²) in [5, 5.41) is 17.3. The molecule has 1 aliphatic heterocycles. The molecule has 26 heavy (non-hydrogen) atoms. The van der Waals surface area contributed by atoms with Gasteiger partial charge in [-0.15, -0.1) is 0 Å². The Morgan fingerprint density at radius 2 is 2.35 bits per heavy atom. The van der Waals surface area contributed by atoms with E-state index in [0.717, 1.165) is 0 Å². The Morgan fingerprint density at radius 1 is 1.46 bits per heavy atom. The van der Waals surface area contributed by atoms with Gasteiger partial charge >= 0.3 is 0 Å². The molecule has 4 rings (SSSR count). The van der Waals surface area contributed by atoms with Gasteiger partial charge in [0.15, 0.2) is 5.82 Å². The van der Waals surface area contributed by atoms with Gasteiger partial charge in [-0.3, -0.25) is 9.48 Å². The van der Waals surface area contributed by atoms with E-state index in [1.165, 1.54) is 18.5 Å². The molecule has 0 saturated carbocycles. The zero-order chi connectivity index (χ0) is 18.1. The minimum Gasteiger partial charge on any atom is -0.379 e. The molecular weight excluding hydrogens is 339 g/mol. The van der Waals surface area contributed by atoms with Gasteiger partial charge in [0, 0.05) is 30.8 Å². The van der Waals surface area contributed by atoms with E-state index >= 15 is 0 Å². The largest absolute Gasteiger partial charge is 0.379 e. The van der Waals surface area contributed by atoms with Crippen LogP contribution in [0, 0.1) is 23.2 Å². The van der Waals surface area contributed by atoms with Crippen molar-refractivity contribution in [2.45, 2.75) is 12.5 Å². The molecule has 0 aliphatic carbocycles. The summed E-state index contributed by atoms with van der Waals surface area (Å²) in [5.41, 5.74) is 0.682. The van der Waals surface area contributed by atoms with Crippen LogP contribution in [-0.4, -0.2) is 33.0 Å². The topological polar surface area (TPSA) is 109 Å². The molecule has 3 aromatic rings. The maximum Gasteiger partial charge on any atom is 0.261 e. The molecular formula is C17H15FN6O2. The molecule has 0 spiro atoms. The Morgan fingerprint density at radius 3 is 3.15 bits per heavy atom. The van der Waals surface area contributed by atoms with Gasteiger partial charge in [-0.25, -0.2) is 4.98 Å². The van der Waals surface area contributed by atoms with Crippen LogP contribution in [0.1, 0.15) is 12.5 Å². The molecule has 1 saturated heterocycles. The van der Waals surface area contributed by atoms with Gasteiger partial charge < -0.3 is 15.0 Å². The highest BCUT2D eigenvalue weighted by molar-refractivity contribution is 5.91. The van der Waals surface area contributed by atoms with Crippen molar-refractivity contribution in [2.24, 2.45) is 5.92 Å². The lowest BCUT2D eigenvalue weighted by atomic mass is 9.96. The Kier molecular flexibility index (Phi) is 4.10. The number of aromatic amines is 1. The van der Waals surface area contributed by atoms with Gasteiger partial charge in [-0.2, -0.15) is 14.8 Å². The van der Waals surface area contributed by atoms with Gasteiger partial charge in [-0.1, -0.05) is 0 Å². The molecule has 3 aromatic heterocycles. The fourth-order valence-electron chi connectivity index (χ4n) is 3.17. The number of H-pyrrole nitrogens is 1. The highest BCUT2D eigenvalue weighted by Crippen LogP contribution is 2.31. The van der Waals surface area contributed by atoms with Crippen molar-refractivity contribution in [2.75, 3.05) is 18.5 Å². The van der Waals surface area contributed by atoms with Gasteiger partial charge in [0.1, 0.15) is 5.39 Å². The number of pyridine rings is 2. The van der Waals surface area contributed by atoms with Gasteiger partial charge in [0.2, 0.25) is 5.95 Å². The standard InChI is InChI=1S/C17H15FN6O2/c18-14-7-11(1-4-20-14)22-16-15-12(2-5-21-17(15)25)24(23-16)13-9-26-6-3-10(13)8-19/h1-2,4-5,7,10,13H,3,6,9H2,(H,21,25)(H,20,22,23). The fraction of sp³-hybridized carbons (Fsp3) is 0.294. The van der Waals surface area contributed by atoms with Crippen LogP contribution in [-0.2, 0) is 4.74 Å². The van der Waals surface area contributed by atoms with Crippen LogP contribution in [0.25, 0.3) is 10.9 Å². The molecule has 1 aliphatic rings. The van der Waals surface area contributed by atoms with Crippen molar-refractivity contribution < 1.29 is 9.13 Å². The van der Waals surface area contributed by atoms with Crippen LogP contribution in [0.15, 0.2) is 35.4 Å². The number of rotatable bonds is 3. The predicted octanol–water partition coefficient (Wildman–Crippen LogP) is 2.10. The monoisotopic (exact) mass is 354 g/mol. The van der Waals surface area contributed by atoms with Crippen molar-refractivity contribution >= 4 is 22.4 Å². The Hall–Kier alpha value is -3.25. The van der Waals surface area contributed by atoms with E-state index in [9.17, 15) is 14.4 Å². The number of nitrogens with one attached hydrogen (secondary N) is 2.